The molecule has 5 N–H and O–H groups in total. The first kappa shape index (κ1) is 44.2. The maximum atomic E-state index is 12.7. The molecular formula is C36H68O10. The number of aliphatic hydroxyl groups is 4. The van der Waals surface area contributed by atoms with E-state index in [1.165, 1.54) is 0 Å². The van der Waals surface area contributed by atoms with Crippen LogP contribution in [0.1, 0.15) is 157 Å². The Kier molecular flexibility index (Phi) is 25.2. The molecule has 0 aromatic carbocycles. The summed E-state index contributed by atoms with van der Waals surface area (Å²) >= 11 is 0. The highest BCUT2D eigenvalue weighted by atomic mass is 16.6. The number of aliphatic hydroxyl groups excluding tert-OH is 4. The molecule has 0 heterocycles. The van der Waals surface area contributed by atoms with Gasteiger partial charge in [0.2, 0.25) is 0 Å². The number of carbonyl (C=O) groups is 3. The van der Waals surface area contributed by atoms with Crippen LogP contribution in [0, 0.1) is 17.8 Å². The Morgan fingerprint density at radius 3 is 1.17 bits per heavy atom. The van der Waals surface area contributed by atoms with Gasteiger partial charge >= 0.3 is 17.9 Å². The molecule has 0 saturated heterocycles. The monoisotopic (exact) mass is 660 g/mol. The number of carboxylic acids is 1. The molecule has 272 valence electrons. The van der Waals surface area contributed by atoms with E-state index in [-0.39, 0.29) is 38.5 Å². The highest BCUT2D eigenvalue weighted by Crippen LogP contribution is 2.21. The van der Waals surface area contributed by atoms with Crippen molar-refractivity contribution in [1.29, 1.82) is 0 Å². The molecule has 10 heteroatoms. The van der Waals surface area contributed by atoms with Gasteiger partial charge in [0.1, 0.15) is 12.2 Å². The number of rotatable bonds is 29. The molecule has 0 saturated carbocycles. The van der Waals surface area contributed by atoms with Crippen molar-refractivity contribution >= 4 is 17.9 Å². The lowest BCUT2D eigenvalue weighted by Gasteiger charge is -2.23. The molecule has 0 rings (SSSR count). The third-order valence-electron chi connectivity index (χ3n) is 8.23. The maximum Gasteiger partial charge on any atom is 0.308 e. The highest BCUT2D eigenvalue weighted by molar-refractivity contribution is 5.72. The van der Waals surface area contributed by atoms with E-state index in [0.717, 1.165) is 38.5 Å². The number of carbonyl (C=O) groups excluding carboxylic acids is 2. The Morgan fingerprint density at radius 2 is 0.783 bits per heavy atom. The van der Waals surface area contributed by atoms with Crippen molar-refractivity contribution in [3.05, 3.63) is 0 Å². The number of aliphatic carboxylic acids is 1. The molecule has 2 unspecified atom stereocenters. The van der Waals surface area contributed by atoms with E-state index in [0.29, 0.717) is 49.9 Å². The minimum atomic E-state index is -1.13. The van der Waals surface area contributed by atoms with Crippen molar-refractivity contribution < 1.29 is 49.4 Å². The Morgan fingerprint density at radius 1 is 0.435 bits per heavy atom. The lowest BCUT2D eigenvalue weighted by Crippen LogP contribution is -2.28. The fraction of sp³-hybridized carbons (Fsp3) is 0.917. The summed E-state index contributed by atoms with van der Waals surface area (Å²) in [6.07, 6.45) is 3.75. The fourth-order valence-electron chi connectivity index (χ4n) is 5.42. The molecule has 0 radical (unpaired) electrons. The van der Waals surface area contributed by atoms with Crippen molar-refractivity contribution in [2.45, 2.75) is 194 Å². The zero-order valence-corrected chi connectivity index (χ0v) is 29.7. The Balaban J connectivity index is 4.92. The van der Waals surface area contributed by atoms with Crippen LogP contribution in [-0.2, 0) is 23.9 Å². The number of hydrogen-bond acceptors (Lipinski definition) is 9. The predicted octanol–water partition coefficient (Wildman–Crippen LogP) is 6.33. The van der Waals surface area contributed by atoms with Gasteiger partial charge in [-0.25, -0.2) is 0 Å². The number of ether oxygens (including phenoxy) is 2. The van der Waals surface area contributed by atoms with Crippen LogP contribution in [0.4, 0.5) is 0 Å². The highest BCUT2D eigenvalue weighted by Gasteiger charge is 2.24. The van der Waals surface area contributed by atoms with Crippen LogP contribution in [0.5, 0.6) is 0 Å². The van der Waals surface area contributed by atoms with Gasteiger partial charge in [0.25, 0.3) is 0 Å². The van der Waals surface area contributed by atoms with Gasteiger partial charge in [0, 0.05) is 0 Å². The van der Waals surface area contributed by atoms with Crippen molar-refractivity contribution in [3.8, 4) is 0 Å². The number of hydrogen-bond donors (Lipinski definition) is 5. The standard InChI is InChI=1S/C36H68O10/c1-25(2)10-7-13-28(37)16-18-30(39)22-35(43)45-32(15-9-12-27(5)6)20-21-33(24-34(41)42)46-36(44)23-31(40)19-17-29(38)14-8-11-26(3)4/h25-33,37-40H,7-24H2,1-6H3,(H,41,42)/t28-,29-,30+,31+,32?,33?/m1/s1. The minimum absolute atomic E-state index is 0.160. The molecule has 0 aliphatic rings. The van der Waals surface area contributed by atoms with Gasteiger partial charge < -0.3 is 35.0 Å². The van der Waals surface area contributed by atoms with Crippen LogP contribution in [0.25, 0.3) is 0 Å². The topological polar surface area (TPSA) is 171 Å². The summed E-state index contributed by atoms with van der Waals surface area (Å²) in [6.45, 7) is 12.7. The van der Waals surface area contributed by atoms with Crippen molar-refractivity contribution in [3.63, 3.8) is 0 Å². The van der Waals surface area contributed by atoms with Crippen LogP contribution >= 0.6 is 0 Å². The van der Waals surface area contributed by atoms with Gasteiger partial charge in [-0.2, -0.15) is 0 Å². The normalized spacial score (nSPS) is 15.8. The third kappa shape index (κ3) is 27.4. The molecule has 0 aromatic rings. The fourth-order valence-corrected chi connectivity index (χ4v) is 5.42. The van der Waals surface area contributed by atoms with Gasteiger partial charge in [0.15, 0.2) is 0 Å². The average Bonchev–Trinajstić information content (AvgIpc) is 2.92. The predicted molar refractivity (Wildman–Crippen MR) is 179 cm³/mol. The largest absolute Gasteiger partial charge is 0.481 e. The molecule has 46 heavy (non-hydrogen) atoms. The third-order valence-corrected chi connectivity index (χ3v) is 8.23. The molecular weight excluding hydrogens is 592 g/mol. The summed E-state index contributed by atoms with van der Waals surface area (Å²) < 4.78 is 11.1. The smallest absolute Gasteiger partial charge is 0.308 e. The van der Waals surface area contributed by atoms with E-state index < -0.39 is 61.0 Å². The molecule has 0 amide bonds. The maximum absolute atomic E-state index is 12.7. The Hall–Kier alpha value is -1.75. The molecule has 6 atom stereocenters. The summed E-state index contributed by atoms with van der Waals surface area (Å²) in [4.78, 5) is 36.8. The van der Waals surface area contributed by atoms with E-state index >= 15 is 0 Å². The van der Waals surface area contributed by atoms with Gasteiger partial charge in [0.05, 0.1) is 43.7 Å². The zero-order valence-electron chi connectivity index (χ0n) is 29.7. The first-order valence-electron chi connectivity index (χ1n) is 17.9. The Labute approximate surface area is 278 Å². The quantitative estimate of drug-likeness (QED) is 0.0571. The van der Waals surface area contributed by atoms with Crippen LogP contribution in [0.2, 0.25) is 0 Å². The van der Waals surface area contributed by atoms with E-state index in [9.17, 15) is 39.9 Å². The lowest BCUT2D eigenvalue weighted by atomic mass is 9.99. The van der Waals surface area contributed by atoms with E-state index in [2.05, 4.69) is 41.5 Å². The molecule has 0 fully saturated rings. The van der Waals surface area contributed by atoms with Gasteiger partial charge in [-0.15, -0.1) is 0 Å². The summed E-state index contributed by atoms with van der Waals surface area (Å²) in [6, 6.07) is 0. The zero-order chi connectivity index (χ0) is 35.1. The van der Waals surface area contributed by atoms with E-state index in [4.69, 9.17) is 9.47 Å². The second-order valence-corrected chi connectivity index (χ2v) is 14.6. The van der Waals surface area contributed by atoms with E-state index in [1.807, 2.05) is 0 Å². The first-order valence-corrected chi connectivity index (χ1v) is 17.9. The summed E-state index contributed by atoms with van der Waals surface area (Å²) in [5.41, 5.74) is 0. The van der Waals surface area contributed by atoms with Gasteiger partial charge in [-0.3, -0.25) is 14.4 Å². The summed E-state index contributed by atoms with van der Waals surface area (Å²) in [7, 11) is 0. The van der Waals surface area contributed by atoms with Gasteiger partial charge in [-0.05, 0) is 82.0 Å². The van der Waals surface area contributed by atoms with E-state index in [1.54, 1.807) is 0 Å². The summed E-state index contributed by atoms with van der Waals surface area (Å²) in [5, 5.41) is 50.5. The Bertz CT molecular complexity index is 800. The average molecular weight is 661 g/mol. The van der Waals surface area contributed by atoms with Gasteiger partial charge in [-0.1, -0.05) is 73.6 Å². The molecule has 10 nitrogen and oxygen atoms in total. The second-order valence-electron chi connectivity index (χ2n) is 14.6. The van der Waals surface area contributed by atoms with Crippen LogP contribution in [-0.4, -0.2) is 80.1 Å². The first-order chi connectivity index (χ1) is 21.6. The van der Waals surface area contributed by atoms with Crippen molar-refractivity contribution in [2.24, 2.45) is 17.8 Å². The molecule has 0 aromatic heterocycles. The minimum Gasteiger partial charge on any atom is -0.481 e. The van der Waals surface area contributed by atoms with Crippen molar-refractivity contribution in [1.82, 2.24) is 0 Å². The number of carboxylic acid groups (broad SMARTS) is 1. The molecule has 0 aliphatic heterocycles. The molecule has 0 bridgehead atoms. The van der Waals surface area contributed by atoms with Crippen LogP contribution in [0.3, 0.4) is 0 Å². The van der Waals surface area contributed by atoms with Crippen LogP contribution in [0.15, 0.2) is 0 Å². The molecule has 0 spiro atoms. The van der Waals surface area contributed by atoms with Crippen molar-refractivity contribution in [2.75, 3.05) is 0 Å². The lowest BCUT2D eigenvalue weighted by molar-refractivity contribution is -0.158. The molecule has 0 aliphatic carbocycles. The number of esters is 2. The van der Waals surface area contributed by atoms with Crippen LogP contribution < -0.4 is 0 Å². The SMILES string of the molecule is CC(C)CCCC(CCC(CC(=O)O)OC(=O)C[C@@H](O)CC[C@H](O)CCCC(C)C)OC(=O)C[C@@H](O)CC[C@H](O)CCCC(C)C. The summed E-state index contributed by atoms with van der Waals surface area (Å²) in [5.74, 6) is -0.820. The second kappa shape index (κ2) is 26.2.